The molecule has 0 heterocycles. The van der Waals surface area contributed by atoms with Gasteiger partial charge in [-0.25, -0.2) is 4.39 Å². The first-order valence-corrected chi connectivity index (χ1v) is 7.88. The maximum Gasteiger partial charge on any atom is 0.124 e. The second kappa shape index (κ2) is 6.71. The number of hydrogen-bond donors (Lipinski definition) is 1. The summed E-state index contributed by atoms with van der Waals surface area (Å²) in [5, 5.41) is 0. The van der Waals surface area contributed by atoms with Crippen molar-refractivity contribution in [3.63, 3.8) is 0 Å². The van der Waals surface area contributed by atoms with Crippen molar-refractivity contribution in [2.24, 2.45) is 0 Å². The van der Waals surface area contributed by atoms with Crippen molar-refractivity contribution in [3.05, 3.63) is 28.0 Å². The second-order valence-corrected chi connectivity index (χ2v) is 6.17. The molecule has 0 aliphatic heterocycles. The number of benzene rings is 1. The van der Waals surface area contributed by atoms with Crippen LogP contribution in [0.2, 0.25) is 0 Å². The molecule has 0 unspecified atom stereocenters. The summed E-state index contributed by atoms with van der Waals surface area (Å²) in [4.78, 5) is 2.43. The minimum Gasteiger partial charge on any atom is -0.398 e. The van der Waals surface area contributed by atoms with Gasteiger partial charge < -0.3 is 5.73 Å². The van der Waals surface area contributed by atoms with Gasteiger partial charge in [0, 0.05) is 17.1 Å². The standard InChI is InChI=1S/C15H22BrFN2/c1-2-19(13-6-4-3-5-7-13)10-11-8-12(17)9-14(16)15(11)18/h8-9,13H,2-7,10,18H2,1H3. The molecule has 0 atom stereocenters. The highest BCUT2D eigenvalue weighted by molar-refractivity contribution is 9.10. The molecule has 0 spiro atoms. The Morgan fingerprint density at radius 3 is 2.63 bits per heavy atom. The zero-order valence-electron chi connectivity index (χ0n) is 11.5. The lowest BCUT2D eigenvalue weighted by Gasteiger charge is -2.33. The minimum atomic E-state index is -0.226. The first-order chi connectivity index (χ1) is 9.11. The van der Waals surface area contributed by atoms with E-state index in [9.17, 15) is 4.39 Å². The van der Waals surface area contributed by atoms with Gasteiger partial charge in [-0.1, -0.05) is 26.2 Å². The summed E-state index contributed by atoms with van der Waals surface area (Å²) in [6, 6.07) is 3.61. The van der Waals surface area contributed by atoms with Crippen molar-refractivity contribution >= 4 is 21.6 Å². The molecular formula is C15H22BrFN2. The Hall–Kier alpha value is -0.610. The van der Waals surface area contributed by atoms with E-state index < -0.39 is 0 Å². The van der Waals surface area contributed by atoms with Gasteiger partial charge in [-0.3, -0.25) is 4.90 Å². The van der Waals surface area contributed by atoms with Gasteiger partial charge in [-0.2, -0.15) is 0 Å². The van der Waals surface area contributed by atoms with E-state index in [0.29, 0.717) is 16.2 Å². The molecule has 1 aliphatic rings. The average Bonchev–Trinajstić information content (AvgIpc) is 2.42. The molecule has 0 saturated heterocycles. The van der Waals surface area contributed by atoms with Crippen LogP contribution in [0.5, 0.6) is 0 Å². The molecule has 106 valence electrons. The lowest BCUT2D eigenvalue weighted by atomic mass is 9.94. The normalized spacial score (nSPS) is 17.1. The summed E-state index contributed by atoms with van der Waals surface area (Å²) >= 11 is 3.32. The number of rotatable bonds is 4. The third-order valence-corrected chi connectivity index (χ3v) is 4.71. The van der Waals surface area contributed by atoms with Crippen molar-refractivity contribution in [1.82, 2.24) is 4.90 Å². The van der Waals surface area contributed by atoms with Crippen LogP contribution in [0.4, 0.5) is 10.1 Å². The average molecular weight is 329 g/mol. The predicted octanol–water partition coefficient (Wildman–Crippen LogP) is 4.33. The monoisotopic (exact) mass is 328 g/mol. The molecule has 1 aromatic rings. The van der Waals surface area contributed by atoms with Gasteiger partial charge in [0.05, 0.1) is 5.69 Å². The fourth-order valence-electron chi connectivity index (χ4n) is 2.93. The highest BCUT2D eigenvalue weighted by Gasteiger charge is 2.21. The first-order valence-electron chi connectivity index (χ1n) is 7.09. The van der Waals surface area contributed by atoms with E-state index in [1.165, 1.54) is 38.2 Å². The molecule has 2 N–H and O–H groups in total. The highest BCUT2D eigenvalue weighted by atomic mass is 79.9. The summed E-state index contributed by atoms with van der Waals surface area (Å²) in [5.41, 5.74) is 7.59. The Labute approximate surface area is 123 Å². The number of nitrogens with two attached hydrogens (primary N) is 1. The van der Waals surface area contributed by atoms with Gasteiger partial charge in [0.15, 0.2) is 0 Å². The summed E-state index contributed by atoms with van der Waals surface area (Å²) < 4.78 is 14.2. The van der Waals surface area contributed by atoms with Crippen LogP contribution in [0, 0.1) is 5.82 Å². The van der Waals surface area contributed by atoms with E-state index in [2.05, 4.69) is 27.8 Å². The topological polar surface area (TPSA) is 29.3 Å². The van der Waals surface area contributed by atoms with E-state index in [-0.39, 0.29) is 5.82 Å². The maximum atomic E-state index is 13.5. The lowest BCUT2D eigenvalue weighted by molar-refractivity contribution is 0.156. The molecule has 2 nitrogen and oxygen atoms in total. The van der Waals surface area contributed by atoms with Gasteiger partial charge in [0.1, 0.15) is 5.82 Å². The van der Waals surface area contributed by atoms with Crippen molar-refractivity contribution in [2.75, 3.05) is 12.3 Å². The molecule has 0 radical (unpaired) electrons. The van der Waals surface area contributed by atoms with Crippen molar-refractivity contribution in [1.29, 1.82) is 0 Å². The molecule has 0 amide bonds. The van der Waals surface area contributed by atoms with E-state index in [4.69, 9.17) is 5.73 Å². The Morgan fingerprint density at radius 2 is 2.00 bits per heavy atom. The highest BCUT2D eigenvalue weighted by Crippen LogP contribution is 2.29. The van der Waals surface area contributed by atoms with E-state index >= 15 is 0 Å². The van der Waals surface area contributed by atoms with Gasteiger partial charge in [0.2, 0.25) is 0 Å². The number of anilines is 1. The zero-order chi connectivity index (χ0) is 13.8. The smallest absolute Gasteiger partial charge is 0.124 e. The van der Waals surface area contributed by atoms with Crippen molar-refractivity contribution in [3.8, 4) is 0 Å². The van der Waals surface area contributed by atoms with Crippen molar-refractivity contribution < 1.29 is 4.39 Å². The van der Waals surface area contributed by atoms with Crippen LogP contribution < -0.4 is 5.73 Å². The second-order valence-electron chi connectivity index (χ2n) is 5.32. The zero-order valence-corrected chi connectivity index (χ0v) is 13.0. The molecule has 1 aromatic carbocycles. The largest absolute Gasteiger partial charge is 0.398 e. The minimum absolute atomic E-state index is 0.226. The fraction of sp³-hybridized carbons (Fsp3) is 0.600. The molecule has 1 aliphatic carbocycles. The molecule has 1 saturated carbocycles. The molecular weight excluding hydrogens is 307 g/mol. The van der Waals surface area contributed by atoms with Crippen LogP contribution in [0.3, 0.4) is 0 Å². The van der Waals surface area contributed by atoms with Crippen LogP contribution in [0.15, 0.2) is 16.6 Å². The van der Waals surface area contributed by atoms with Gasteiger partial charge in [0.25, 0.3) is 0 Å². The van der Waals surface area contributed by atoms with Crippen LogP contribution in [-0.2, 0) is 6.54 Å². The molecule has 19 heavy (non-hydrogen) atoms. The summed E-state index contributed by atoms with van der Waals surface area (Å²) in [6.45, 7) is 3.89. The number of nitrogen functional groups attached to an aromatic ring is 1. The van der Waals surface area contributed by atoms with Gasteiger partial charge >= 0.3 is 0 Å². The van der Waals surface area contributed by atoms with Gasteiger partial charge in [-0.05, 0) is 53.0 Å². The van der Waals surface area contributed by atoms with E-state index in [0.717, 1.165) is 18.7 Å². The van der Waals surface area contributed by atoms with Crippen LogP contribution in [0.1, 0.15) is 44.6 Å². The SMILES string of the molecule is CCN(Cc1cc(F)cc(Br)c1N)C1CCCCC1. The first kappa shape index (κ1) is 14.8. The summed E-state index contributed by atoms with van der Waals surface area (Å²) in [7, 11) is 0. The predicted molar refractivity (Wildman–Crippen MR) is 81.5 cm³/mol. The van der Waals surface area contributed by atoms with Crippen molar-refractivity contribution in [2.45, 2.75) is 51.6 Å². The number of halogens is 2. The summed E-state index contributed by atoms with van der Waals surface area (Å²) in [5.74, 6) is -0.226. The Bertz CT molecular complexity index is 430. The third-order valence-electron chi connectivity index (χ3n) is 4.05. The summed E-state index contributed by atoms with van der Waals surface area (Å²) in [6.07, 6.45) is 6.48. The Morgan fingerprint density at radius 1 is 1.32 bits per heavy atom. The lowest BCUT2D eigenvalue weighted by Crippen LogP contribution is -2.36. The molecule has 0 bridgehead atoms. The van der Waals surface area contributed by atoms with Crippen LogP contribution in [0.25, 0.3) is 0 Å². The third kappa shape index (κ3) is 3.69. The maximum absolute atomic E-state index is 13.5. The Kier molecular flexibility index (Phi) is 5.22. The quantitative estimate of drug-likeness (QED) is 0.834. The van der Waals surface area contributed by atoms with E-state index in [1.807, 2.05) is 0 Å². The van der Waals surface area contributed by atoms with Crippen LogP contribution in [-0.4, -0.2) is 17.5 Å². The fourth-order valence-corrected chi connectivity index (χ4v) is 3.41. The number of hydrogen-bond acceptors (Lipinski definition) is 2. The molecule has 2 rings (SSSR count). The molecule has 4 heteroatoms. The van der Waals surface area contributed by atoms with Crippen LogP contribution >= 0.6 is 15.9 Å². The van der Waals surface area contributed by atoms with E-state index in [1.54, 1.807) is 6.07 Å². The Balaban J connectivity index is 2.13. The number of nitrogens with zero attached hydrogens (tertiary/aromatic N) is 1. The molecule has 0 aromatic heterocycles. The van der Waals surface area contributed by atoms with Gasteiger partial charge in [-0.15, -0.1) is 0 Å². The molecule has 1 fully saturated rings.